The smallest absolute Gasteiger partial charge is 0.134 e. The van der Waals surface area contributed by atoms with Crippen molar-refractivity contribution in [2.45, 2.75) is 32.9 Å². The van der Waals surface area contributed by atoms with Gasteiger partial charge >= 0.3 is 0 Å². The van der Waals surface area contributed by atoms with Crippen LogP contribution in [0.2, 0.25) is 0 Å². The van der Waals surface area contributed by atoms with Gasteiger partial charge in [-0.15, -0.1) is 0 Å². The topological polar surface area (TPSA) is 66.5 Å². The third-order valence-electron chi connectivity index (χ3n) is 2.60. The van der Waals surface area contributed by atoms with Gasteiger partial charge in [0, 0.05) is 5.56 Å². The summed E-state index contributed by atoms with van der Waals surface area (Å²) in [6.07, 6.45) is -0.715. The standard InChI is InChI=1S/C12H18BrNO2/c1-12(2,3)11(16)9(14)7-5-4-6-8(13)10(7)15/h4-6,9,11,15-16H,14H2,1-3H3/t9-,11-/m1/s1. The summed E-state index contributed by atoms with van der Waals surface area (Å²) in [5.74, 6) is 0.0956. The molecule has 16 heavy (non-hydrogen) atoms. The largest absolute Gasteiger partial charge is 0.506 e. The van der Waals surface area contributed by atoms with E-state index < -0.39 is 12.1 Å². The highest BCUT2D eigenvalue weighted by Gasteiger charge is 2.30. The predicted molar refractivity (Wildman–Crippen MR) is 68.2 cm³/mol. The van der Waals surface area contributed by atoms with E-state index in [1.165, 1.54) is 0 Å². The van der Waals surface area contributed by atoms with E-state index in [9.17, 15) is 10.2 Å². The number of rotatable bonds is 2. The molecule has 0 fully saturated rings. The van der Waals surface area contributed by atoms with Gasteiger partial charge in [-0.25, -0.2) is 0 Å². The number of phenols is 1. The Hall–Kier alpha value is -0.580. The Labute approximate surface area is 104 Å². The molecule has 0 amide bonds. The second kappa shape index (κ2) is 4.73. The Bertz CT molecular complexity index is 374. The van der Waals surface area contributed by atoms with Crippen molar-refractivity contribution in [3.05, 3.63) is 28.2 Å². The first-order chi connectivity index (χ1) is 7.25. The van der Waals surface area contributed by atoms with Crippen molar-refractivity contribution in [1.82, 2.24) is 0 Å². The van der Waals surface area contributed by atoms with Crippen LogP contribution in [0.15, 0.2) is 22.7 Å². The minimum Gasteiger partial charge on any atom is -0.506 e. The number of para-hydroxylation sites is 1. The monoisotopic (exact) mass is 287 g/mol. The fourth-order valence-electron chi connectivity index (χ4n) is 1.51. The lowest BCUT2D eigenvalue weighted by molar-refractivity contribution is 0.0394. The third kappa shape index (κ3) is 2.75. The zero-order valence-corrected chi connectivity index (χ0v) is 11.3. The predicted octanol–water partition coefficient (Wildman–Crippen LogP) is 2.56. The number of hydrogen-bond donors (Lipinski definition) is 3. The van der Waals surface area contributed by atoms with E-state index >= 15 is 0 Å². The van der Waals surface area contributed by atoms with Crippen LogP contribution in [-0.2, 0) is 0 Å². The van der Waals surface area contributed by atoms with Crippen LogP contribution in [0.1, 0.15) is 32.4 Å². The maximum atomic E-state index is 10.1. The van der Waals surface area contributed by atoms with Crippen LogP contribution in [0.3, 0.4) is 0 Å². The summed E-state index contributed by atoms with van der Waals surface area (Å²) in [5.41, 5.74) is 6.19. The van der Waals surface area contributed by atoms with E-state index in [0.717, 1.165) is 0 Å². The Balaban J connectivity index is 3.06. The van der Waals surface area contributed by atoms with E-state index in [1.54, 1.807) is 18.2 Å². The fraction of sp³-hybridized carbons (Fsp3) is 0.500. The van der Waals surface area contributed by atoms with E-state index in [1.807, 2.05) is 20.8 Å². The highest BCUT2D eigenvalue weighted by molar-refractivity contribution is 9.10. The molecule has 0 aliphatic heterocycles. The van der Waals surface area contributed by atoms with Gasteiger partial charge in [0.25, 0.3) is 0 Å². The number of hydrogen-bond acceptors (Lipinski definition) is 3. The molecular formula is C12H18BrNO2. The zero-order chi connectivity index (χ0) is 12.5. The summed E-state index contributed by atoms with van der Waals surface area (Å²) in [7, 11) is 0. The molecule has 0 aliphatic carbocycles. The van der Waals surface area contributed by atoms with Crippen molar-refractivity contribution in [2.75, 3.05) is 0 Å². The SMILES string of the molecule is CC(C)(C)[C@H](O)[C@H](N)c1cccc(Br)c1O. The molecule has 3 nitrogen and oxygen atoms in total. The quantitative estimate of drug-likeness (QED) is 0.783. The van der Waals surface area contributed by atoms with Gasteiger partial charge in [0.1, 0.15) is 5.75 Å². The number of aliphatic hydroxyl groups is 1. The van der Waals surface area contributed by atoms with Crippen LogP contribution < -0.4 is 5.73 Å². The first-order valence-electron chi connectivity index (χ1n) is 5.16. The Morgan fingerprint density at radius 3 is 2.38 bits per heavy atom. The van der Waals surface area contributed by atoms with Crippen molar-refractivity contribution < 1.29 is 10.2 Å². The van der Waals surface area contributed by atoms with Crippen LogP contribution in [0.5, 0.6) is 5.75 Å². The number of halogens is 1. The van der Waals surface area contributed by atoms with Gasteiger partial charge in [-0.3, -0.25) is 0 Å². The van der Waals surface area contributed by atoms with Gasteiger partial charge in [0.2, 0.25) is 0 Å². The number of aromatic hydroxyl groups is 1. The average molecular weight is 288 g/mol. The molecule has 90 valence electrons. The second-order valence-electron chi connectivity index (χ2n) is 5.01. The van der Waals surface area contributed by atoms with Crippen molar-refractivity contribution in [1.29, 1.82) is 0 Å². The molecule has 4 heteroatoms. The van der Waals surface area contributed by atoms with Crippen LogP contribution >= 0.6 is 15.9 Å². The van der Waals surface area contributed by atoms with Gasteiger partial charge in [-0.1, -0.05) is 32.9 Å². The molecule has 1 aromatic rings. The Morgan fingerprint density at radius 1 is 1.31 bits per heavy atom. The van der Waals surface area contributed by atoms with Gasteiger partial charge < -0.3 is 15.9 Å². The molecule has 0 aliphatic rings. The summed E-state index contributed by atoms with van der Waals surface area (Å²) < 4.78 is 0.585. The van der Waals surface area contributed by atoms with Crippen molar-refractivity contribution in [2.24, 2.45) is 11.1 Å². The fourth-order valence-corrected chi connectivity index (χ4v) is 1.89. The average Bonchev–Trinajstić information content (AvgIpc) is 2.18. The highest BCUT2D eigenvalue weighted by atomic mass is 79.9. The lowest BCUT2D eigenvalue weighted by Crippen LogP contribution is -2.37. The van der Waals surface area contributed by atoms with Gasteiger partial charge in [0.05, 0.1) is 16.6 Å². The summed E-state index contributed by atoms with van der Waals surface area (Å²) in [5, 5.41) is 19.9. The Morgan fingerprint density at radius 2 is 1.88 bits per heavy atom. The van der Waals surface area contributed by atoms with Crippen LogP contribution in [-0.4, -0.2) is 16.3 Å². The maximum absolute atomic E-state index is 10.1. The second-order valence-corrected chi connectivity index (χ2v) is 5.87. The van der Waals surface area contributed by atoms with E-state index in [2.05, 4.69) is 15.9 Å². The Kier molecular flexibility index (Phi) is 3.99. The van der Waals surface area contributed by atoms with E-state index in [0.29, 0.717) is 10.0 Å². The van der Waals surface area contributed by atoms with Crippen molar-refractivity contribution in [3.63, 3.8) is 0 Å². The molecule has 0 unspecified atom stereocenters. The van der Waals surface area contributed by atoms with Crippen molar-refractivity contribution >= 4 is 15.9 Å². The molecule has 1 aromatic carbocycles. The third-order valence-corrected chi connectivity index (χ3v) is 3.24. The summed E-state index contributed by atoms with van der Waals surface area (Å²) >= 11 is 3.23. The molecule has 0 heterocycles. The number of nitrogens with two attached hydrogens (primary N) is 1. The summed E-state index contributed by atoms with van der Waals surface area (Å²) in [4.78, 5) is 0. The molecule has 4 N–H and O–H groups in total. The van der Waals surface area contributed by atoms with Crippen LogP contribution in [0.4, 0.5) is 0 Å². The molecular weight excluding hydrogens is 270 g/mol. The van der Waals surface area contributed by atoms with Crippen LogP contribution in [0.25, 0.3) is 0 Å². The number of benzene rings is 1. The number of aliphatic hydroxyl groups excluding tert-OH is 1. The molecule has 0 saturated heterocycles. The minimum absolute atomic E-state index is 0.0956. The summed E-state index contributed by atoms with van der Waals surface area (Å²) in [6, 6.07) is 4.64. The highest BCUT2D eigenvalue weighted by Crippen LogP contribution is 2.35. The van der Waals surface area contributed by atoms with Crippen molar-refractivity contribution in [3.8, 4) is 5.75 Å². The zero-order valence-electron chi connectivity index (χ0n) is 9.74. The molecule has 1 rings (SSSR count). The molecule has 0 saturated carbocycles. The molecule has 0 aromatic heterocycles. The maximum Gasteiger partial charge on any atom is 0.134 e. The van der Waals surface area contributed by atoms with Gasteiger partial charge in [0.15, 0.2) is 0 Å². The number of phenolic OH excluding ortho intramolecular Hbond substituents is 1. The first kappa shape index (κ1) is 13.5. The molecule has 0 bridgehead atoms. The van der Waals surface area contributed by atoms with Gasteiger partial charge in [-0.2, -0.15) is 0 Å². The van der Waals surface area contributed by atoms with Gasteiger partial charge in [-0.05, 0) is 27.4 Å². The van der Waals surface area contributed by atoms with Crippen LogP contribution in [0, 0.1) is 5.41 Å². The lowest BCUT2D eigenvalue weighted by Gasteiger charge is -2.31. The normalized spacial score (nSPS) is 15.9. The van der Waals surface area contributed by atoms with E-state index in [4.69, 9.17) is 5.73 Å². The first-order valence-corrected chi connectivity index (χ1v) is 5.95. The summed E-state index contributed by atoms with van der Waals surface area (Å²) in [6.45, 7) is 5.73. The van der Waals surface area contributed by atoms with E-state index in [-0.39, 0.29) is 11.2 Å². The molecule has 2 atom stereocenters. The lowest BCUT2D eigenvalue weighted by atomic mass is 9.82. The minimum atomic E-state index is -0.715. The molecule has 0 spiro atoms. The molecule has 0 radical (unpaired) electrons.